The molecule has 4 rings (SSSR count). The number of anilines is 1. The molecule has 204 valence electrons. The monoisotopic (exact) mass is 561 g/mol. The van der Waals surface area contributed by atoms with Gasteiger partial charge in [0.15, 0.2) is 11.0 Å². The quantitative estimate of drug-likeness (QED) is 0.200. The molecule has 0 aliphatic rings. The van der Waals surface area contributed by atoms with Gasteiger partial charge < -0.3 is 10.6 Å². The van der Waals surface area contributed by atoms with Gasteiger partial charge in [-0.15, -0.1) is 10.2 Å². The summed E-state index contributed by atoms with van der Waals surface area (Å²) in [5, 5.41) is 16.7. The Balaban J connectivity index is 1.64. The van der Waals surface area contributed by atoms with Crippen molar-refractivity contribution in [2.45, 2.75) is 70.3 Å². The number of carbonyl (C=O) groups is 1. The summed E-state index contributed by atoms with van der Waals surface area (Å²) in [7, 11) is 0. The number of aromatic nitrogens is 3. The van der Waals surface area contributed by atoms with Crippen molar-refractivity contribution in [3.8, 4) is 5.69 Å². The number of carbonyl (C=O) groups excluding carboxylic acids is 1. The molecule has 1 atom stereocenters. The van der Waals surface area contributed by atoms with E-state index in [1.165, 1.54) is 5.56 Å². The lowest BCUT2D eigenvalue weighted by molar-refractivity contribution is 0.248. The summed E-state index contributed by atoms with van der Waals surface area (Å²) in [6.45, 7) is 12.5. The van der Waals surface area contributed by atoms with Gasteiger partial charge >= 0.3 is 6.03 Å². The minimum absolute atomic E-state index is 0.273. The fourth-order valence-corrected chi connectivity index (χ4v) is 5.61. The molecule has 0 bridgehead atoms. The van der Waals surface area contributed by atoms with Crippen molar-refractivity contribution < 1.29 is 4.79 Å². The molecule has 2 amide bonds. The number of hydrogen-bond donors (Lipinski definition) is 2. The van der Waals surface area contributed by atoms with Crippen molar-refractivity contribution in [3.63, 3.8) is 0 Å². The van der Waals surface area contributed by atoms with Crippen LogP contribution in [0.4, 0.5) is 10.5 Å². The van der Waals surface area contributed by atoms with E-state index in [2.05, 4.69) is 78.9 Å². The molecule has 0 spiro atoms. The zero-order valence-electron chi connectivity index (χ0n) is 23.3. The van der Waals surface area contributed by atoms with Crippen LogP contribution in [0.25, 0.3) is 5.69 Å². The van der Waals surface area contributed by atoms with Gasteiger partial charge in [0.05, 0.1) is 11.7 Å². The maximum absolute atomic E-state index is 13.3. The molecule has 39 heavy (non-hydrogen) atoms. The first kappa shape index (κ1) is 28.7. The largest absolute Gasteiger partial charge is 0.328 e. The zero-order valence-corrected chi connectivity index (χ0v) is 24.9. The van der Waals surface area contributed by atoms with E-state index in [0.717, 1.165) is 39.0 Å². The Kier molecular flexibility index (Phi) is 9.36. The summed E-state index contributed by atoms with van der Waals surface area (Å²) in [6, 6.07) is 21.5. The molecular weight excluding hydrogens is 526 g/mol. The van der Waals surface area contributed by atoms with E-state index in [1.54, 1.807) is 11.8 Å². The minimum atomic E-state index is -0.421. The van der Waals surface area contributed by atoms with E-state index in [-0.39, 0.29) is 17.9 Å². The third-order valence-corrected chi connectivity index (χ3v) is 7.86. The average molecular weight is 562 g/mol. The zero-order chi connectivity index (χ0) is 28.1. The molecule has 0 aliphatic heterocycles. The first-order valence-corrected chi connectivity index (χ1v) is 14.6. The van der Waals surface area contributed by atoms with Crippen LogP contribution in [0.2, 0.25) is 5.02 Å². The summed E-state index contributed by atoms with van der Waals surface area (Å²) < 4.78 is 2.00. The maximum atomic E-state index is 13.3. The van der Waals surface area contributed by atoms with Crippen LogP contribution in [0.1, 0.15) is 80.6 Å². The number of rotatable bonds is 9. The van der Waals surface area contributed by atoms with Crippen LogP contribution in [-0.2, 0) is 5.75 Å². The molecular formula is C31H36ClN5OS. The number of benzene rings is 3. The van der Waals surface area contributed by atoms with Crippen LogP contribution in [0.5, 0.6) is 0 Å². The number of nitrogens with zero attached hydrogens (tertiary/aromatic N) is 3. The van der Waals surface area contributed by atoms with E-state index in [9.17, 15) is 4.79 Å². The van der Waals surface area contributed by atoms with E-state index < -0.39 is 6.04 Å². The minimum Gasteiger partial charge on any atom is -0.328 e. The highest BCUT2D eigenvalue weighted by Crippen LogP contribution is 2.33. The van der Waals surface area contributed by atoms with E-state index in [4.69, 9.17) is 11.6 Å². The summed E-state index contributed by atoms with van der Waals surface area (Å²) in [5.74, 6) is 1.92. The van der Waals surface area contributed by atoms with Gasteiger partial charge in [-0.3, -0.25) is 4.57 Å². The Hall–Kier alpha value is -3.29. The first-order valence-electron chi connectivity index (χ1n) is 13.2. The van der Waals surface area contributed by atoms with E-state index >= 15 is 0 Å². The fraction of sp³-hybridized carbons (Fsp3) is 0.323. The van der Waals surface area contributed by atoms with Crippen LogP contribution in [-0.4, -0.2) is 20.8 Å². The normalized spacial score (nSPS) is 12.1. The Labute approximate surface area is 240 Å². The predicted octanol–water partition coefficient (Wildman–Crippen LogP) is 8.65. The second-order valence-electron chi connectivity index (χ2n) is 10.3. The number of amides is 2. The number of urea groups is 1. The molecule has 0 saturated heterocycles. The lowest BCUT2D eigenvalue weighted by Crippen LogP contribution is -2.33. The van der Waals surface area contributed by atoms with Crippen molar-refractivity contribution in [2.75, 3.05) is 5.32 Å². The third kappa shape index (κ3) is 6.84. The topological polar surface area (TPSA) is 71.8 Å². The van der Waals surface area contributed by atoms with Gasteiger partial charge in [-0.05, 0) is 60.1 Å². The molecule has 0 radical (unpaired) electrons. The molecule has 6 nitrogen and oxygen atoms in total. The molecule has 2 N–H and O–H groups in total. The first-order chi connectivity index (χ1) is 18.7. The van der Waals surface area contributed by atoms with Gasteiger partial charge in [0.2, 0.25) is 0 Å². The number of hydrogen-bond acceptors (Lipinski definition) is 4. The molecule has 4 aromatic rings. The molecule has 3 aromatic carbocycles. The van der Waals surface area contributed by atoms with Gasteiger partial charge in [0.1, 0.15) is 0 Å². The van der Waals surface area contributed by atoms with Crippen LogP contribution >= 0.6 is 23.4 Å². The number of para-hydroxylation sites is 1. The third-order valence-electron chi connectivity index (χ3n) is 6.63. The number of aryl methyl sites for hydroxylation is 1. The smallest absolute Gasteiger partial charge is 0.319 e. The number of nitrogens with one attached hydrogen (secondary N) is 2. The molecule has 1 unspecified atom stereocenters. The molecule has 0 aliphatic carbocycles. The van der Waals surface area contributed by atoms with Crippen LogP contribution < -0.4 is 10.6 Å². The van der Waals surface area contributed by atoms with Crippen LogP contribution in [0, 0.1) is 6.92 Å². The lowest BCUT2D eigenvalue weighted by Gasteiger charge is -2.22. The SMILES string of the molecule is Cc1ccc(Cl)cc1-n1c(SCc2ccccc2)nnc1C(C)NC(=O)Nc1c(C(C)C)cccc1C(C)C. The summed E-state index contributed by atoms with van der Waals surface area (Å²) in [5.41, 5.74) is 6.21. The Morgan fingerprint density at radius 2 is 1.59 bits per heavy atom. The summed E-state index contributed by atoms with van der Waals surface area (Å²) >= 11 is 8.00. The molecule has 0 saturated carbocycles. The molecule has 8 heteroatoms. The molecule has 0 fully saturated rings. The summed E-state index contributed by atoms with van der Waals surface area (Å²) in [6.07, 6.45) is 0. The van der Waals surface area contributed by atoms with Gasteiger partial charge in [-0.1, -0.05) is 106 Å². The van der Waals surface area contributed by atoms with Gasteiger partial charge in [0, 0.05) is 16.5 Å². The molecule has 1 aromatic heterocycles. The average Bonchev–Trinajstić information content (AvgIpc) is 3.33. The van der Waals surface area contributed by atoms with Crippen molar-refractivity contribution in [2.24, 2.45) is 0 Å². The van der Waals surface area contributed by atoms with E-state index in [1.807, 2.05) is 54.8 Å². The number of thioether (sulfide) groups is 1. The standard InChI is InChI=1S/C31H36ClN5OS/c1-19(2)25-13-10-14-26(20(3)4)28(25)34-30(38)33-22(6)29-35-36-31(39-18-23-11-8-7-9-12-23)37(29)27-17-24(32)16-15-21(27)5/h7-17,19-20,22H,18H2,1-6H3,(H2,33,34,38). The van der Waals surface area contributed by atoms with Gasteiger partial charge in [-0.25, -0.2) is 4.79 Å². The maximum Gasteiger partial charge on any atom is 0.319 e. The Morgan fingerprint density at radius 1 is 0.923 bits per heavy atom. The summed E-state index contributed by atoms with van der Waals surface area (Å²) in [4.78, 5) is 13.3. The highest BCUT2D eigenvalue weighted by Gasteiger charge is 2.23. The van der Waals surface area contributed by atoms with Crippen LogP contribution in [0.15, 0.2) is 71.9 Å². The molecule has 1 heterocycles. The van der Waals surface area contributed by atoms with Crippen molar-refractivity contribution >= 4 is 35.1 Å². The Morgan fingerprint density at radius 3 is 2.23 bits per heavy atom. The highest BCUT2D eigenvalue weighted by atomic mass is 35.5. The van der Waals surface area contributed by atoms with Crippen molar-refractivity contribution in [1.82, 2.24) is 20.1 Å². The highest BCUT2D eigenvalue weighted by molar-refractivity contribution is 7.98. The number of halogens is 1. The van der Waals surface area contributed by atoms with Gasteiger partial charge in [0.25, 0.3) is 0 Å². The predicted molar refractivity (Wildman–Crippen MR) is 162 cm³/mol. The van der Waals surface area contributed by atoms with E-state index in [0.29, 0.717) is 10.8 Å². The fourth-order valence-electron chi connectivity index (χ4n) is 4.53. The Bertz CT molecular complexity index is 1410. The second kappa shape index (κ2) is 12.7. The lowest BCUT2D eigenvalue weighted by atomic mass is 9.93. The second-order valence-corrected chi connectivity index (χ2v) is 11.7. The van der Waals surface area contributed by atoms with Crippen molar-refractivity contribution in [3.05, 3.63) is 99.8 Å². The van der Waals surface area contributed by atoms with Crippen LogP contribution in [0.3, 0.4) is 0 Å². The van der Waals surface area contributed by atoms with Crippen molar-refractivity contribution in [1.29, 1.82) is 0 Å². The van der Waals surface area contributed by atoms with Gasteiger partial charge in [-0.2, -0.15) is 0 Å².